The summed E-state index contributed by atoms with van der Waals surface area (Å²) in [6.45, 7) is 7.58. The van der Waals surface area contributed by atoms with Crippen LogP contribution < -0.4 is 5.32 Å². The van der Waals surface area contributed by atoms with Crippen molar-refractivity contribution in [1.29, 1.82) is 0 Å². The van der Waals surface area contributed by atoms with E-state index >= 15 is 0 Å². The van der Waals surface area contributed by atoms with Gasteiger partial charge in [-0.25, -0.2) is 4.79 Å². The fourth-order valence-corrected chi connectivity index (χ4v) is 1.78. The van der Waals surface area contributed by atoms with Crippen LogP contribution in [0.15, 0.2) is 18.5 Å². The molecule has 0 fully saturated rings. The predicted molar refractivity (Wildman–Crippen MR) is 73.8 cm³/mol. The molecule has 2 N–H and O–H groups in total. The lowest BCUT2D eigenvalue weighted by Crippen LogP contribution is -2.47. The van der Waals surface area contributed by atoms with E-state index in [1.165, 1.54) is 0 Å². The van der Waals surface area contributed by atoms with Crippen molar-refractivity contribution < 1.29 is 9.90 Å². The van der Waals surface area contributed by atoms with E-state index in [2.05, 4.69) is 10.4 Å². The standard InChI is InChI=1S/C13H24N4O2/c1-4-16(11-13(2,3)19)12(18)14-7-5-9-17-10-6-8-15-17/h6,8,10,19H,4-5,7,9,11H2,1-3H3,(H,14,18). The van der Waals surface area contributed by atoms with Crippen LogP contribution >= 0.6 is 0 Å². The molecule has 0 saturated carbocycles. The Balaban J connectivity index is 2.25. The van der Waals surface area contributed by atoms with Gasteiger partial charge in [-0.3, -0.25) is 4.68 Å². The number of urea groups is 1. The minimum absolute atomic E-state index is 0.134. The second-order valence-electron chi connectivity index (χ2n) is 5.18. The molecule has 0 bridgehead atoms. The molecule has 0 saturated heterocycles. The van der Waals surface area contributed by atoms with E-state index in [0.29, 0.717) is 19.6 Å². The molecule has 19 heavy (non-hydrogen) atoms. The van der Waals surface area contributed by atoms with Gasteiger partial charge in [0.2, 0.25) is 0 Å². The molecule has 0 unspecified atom stereocenters. The Morgan fingerprint density at radius 3 is 2.79 bits per heavy atom. The number of rotatable bonds is 7. The largest absolute Gasteiger partial charge is 0.389 e. The van der Waals surface area contributed by atoms with Gasteiger partial charge in [-0.15, -0.1) is 0 Å². The van der Waals surface area contributed by atoms with Crippen molar-refractivity contribution in [2.75, 3.05) is 19.6 Å². The maximum atomic E-state index is 11.9. The molecule has 2 amide bonds. The monoisotopic (exact) mass is 268 g/mol. The number of carbonyl (C=O) groups excluding carboxylic acids is 1. The molecule has 0 aliphatic rings. The Morgan fingerprint density at radius 1 is 1.53 bits per heavy atom. The van der Waals surface area contributed by atoms with E-state index < -0.39 is 5.60 Å². The van der Waals surface area contributed by atoms with Gasteiger partial charge in [0.1, 0.15) is 0 Å². The number of amides is 2. The van der Waals surface area contributed by atoms with Gasteiger partial charge < -0.3 is 15.3 Å². The second kappa shape index (κ2) is 7.13. The van der Waals surface area contributed by atoms with Gasteiger partial charge in [0.15, 0.2) is 0 Å². The molecule has 1 rings (SSSR count). The van der Waals surface area contributed by atoms with Crippen molar-refractivity contribution in [2.45, 2.75) is 39.3 Å². The molecule has 6 nitrogen and oxygen atoms in total. The number of likely N-dealkylation sites (N-methyl/N-ethyl adjacent to an activating group) is 1. The van der Waals surface area contributed by atoms with E-state index in [-0.39, 0.29) is 6.03 Å². The minimum atomic E-state index is -0.873. The lowest BCUT2D eigenvalue weighted by molar-refractivity contribution is 0.0480. The van der Waals surface area contributed by atoms with Crippen LogP contribution in [0.25, 0.3) is 0 Å². The van der Waals surface area contributed by atoms with Crippen molar-refractivity contribution in [3.8, 4) is 0 Å². The van der Waals surface area contributed by atoms with Gasteiger partial charge in [-0.05, 0) is 33.3 Å². The summed E-state index contributed by atoms with van der Waals surface area (Å²) in [5, 5.41) is 16.7. The zero-order chi connectivity index (χ0) is 14.3. The van der Waals surface area contributed by atoms with Crippen LogP contribution in [0, 0.1) is 0 Å². The number of carbonyl (C=O) groups is 1. The molecule has 0 aliphatic carbocycles. The summed E-state index contributed by atoms with van der Waals surface area (Å²) in [5.74, 6) is 0. The summed E-state index contributed by atoms with van der Waals surface area (Å²) >= 11 is 0. The molecule has 108 valence electrons. The average molecular weight is 268 g/mol. The number of hydrogen-bond acceptors (Lipinski definition) is 3. The summed E-state index contributed by atoms with van der Waals surface area (Å²) in [6, 6.07) is 1.74. The van der Waals surface area contributed by atoms with Gasteiger partial charge >= 0.3 is 6.03 Å². The first-order valence-corrected chi connectivity index (χ1v) is 6.65. The van der Waals surface area contributed by atoms with E-state index in [0.717, 1.165) is 13.0 Å². The summed E-state index contributed by atoms with van der Waals surface area (Å²) in [4.78, 5) is 13.5. The smallest absolute Gasteiger partial charge is 0.317 e. The van der Waals surface area contributed by atoms with Crippen molar-refractivity contribution in [3.63, 3.8) is 0 Å². The van der Waals surface area contributed by atoms with Gasteiger partial charge in [0, 0.05) is 32.0 Å². The van der Waals surface area contributed by atoms with E-state index in [4.69, 9.17) is 0 Å². The Morgan fingerprint density at radius 2 is 2.26 bits per heavy atom. The summed E-state index contributed by atoms with van der Waals surface area (Å²) in [7, 11) is 0. The van der Waals surface area contributed by atoms with Gasteiger partial charge in [-0.2, -0.15) is 5.10 Å². The van der Waals surface area contributed by atoms with Gasteiger partial charge in [0.05, 0.1) is 12.1 Å². The summed E-state index contributed by atoms with van der Waals surface area (Å²) < 4.78 is 1.83. The SMILES string of the molecule is CCN(CC(C)(C)O)C(=O)NCCCn1cccn1. The molecule has 6 heteroatoms. The molecule has 1 aromatic rings. The highest BCUT2D eigenvalue weighted by molar-refractivity contribution is 5.74. The first-order chi connectivity index (χ1) is 8.92. The molecule has 0 radical (unpaired) electrons. The van der Waals surface area contributed by atoms with Crippen LogP contribution in [-0.2, 0) is 6.54 Å². The number of nitrogens with zero attached hydrogens (tertiary/aromatic N) is 3. The zero-order valence-corrected chi connectivity index (χ0v) is 12.0. The third kappa shape index (κ3) is 6.24. The summed E-state index contributed by atoms with van der Waals surface area (Å²) in [5.41, 5.74) is -0.873. The number of nitrogens with one attached hydrogen (secondary N) is 1. The normalized spacial score (nSPS) is 11.4. The lowest BCUT2D eigenvalue weighted by atomic mass is 10.1. The highest BCUT2D eigenvalue weighted by atomic mass is 16.3. The third-order valence-corrected chi connectivity index (χ3v) is 2.65. The fraction of sp³-hybridized carbons (Fsp3) is 0.692. The molecule has 1 heterocycles. The van der Waals surface area contributed by atoms with Crippen LogP contribution in [0.3, 0.4) is 0 Å². The highest BCUT2D eigenvalue weighted by Crippen LogP contribution is 2.04. The first-order valence-electron chi connectivity index (χ1n) is 6.65. The first kappa shape index (κ1) is 15.5. The topological polar surface area (TPSA) is 70.4 Å². The van der Waals surface area contributed by atoms with Crippen LogP contribution in [0.2, 0.25) is 0 Å². The Hall–Kier alpha value is -1.56. The maximum absolute atomic E-state index is 11.9. The number of aliphatic hydroxyl groups is 1. The molecule has 1 aromatic heterocycles. The molecule has 0 aromatic carbocycles. The van der Waals surface area contributed by atoms with Crippen molar-refractivity contribution in [1.82, 2.24) is 20.0 Å². The Labute approximate surface area is 114 Å². The number of aromatic nitrogens is 2. The van der Waals surface area contributed by atoms with Crippen molar-refractivity contribution in [2.24, 2.45) is 0 Å². The van der Waals surface area contributed by atoms with Gasteiger partial charge in [0.25, 0.3) is 0 Å². The second-order valence-corrected chi connectivity index (χ2v) is 5.18. The Bertz CT molecular complexity index is 370. The van der Waals surface area contributed by atoms with Crippen molar-refractivity contribution in [3.05, 3.63) is 18.5 Å². The molecule has 0 aliphatic heterocycles. The lowest BCUT2D eigenvalue weighted by Gasteiger charge is -2.28. The van der Waals surface area contributed by atoms with Crippen LogP contribution in [0.4, 0.5) is 4.79 Å². The highest BCUT2D eigenvalue weighted by Gasteiger charge is 2.20. The average Bonchev–Trinajstić information content (AvgIpc) is 2.83. The fourth-order valence-electron chi connectivity index (χ4n) is 1.78. The van der Waals surface area contributed by atoms with Crippen LogP contribution in [-0.4, -0.2) is 51.1 Å². The molecular weight excluding hydrogens is 244 g/mol. The van der Waals surface area contributed by atoms with Crippen molar-refractivity contribution >= 4 is 6.03 Å². The van der Waals surface area contributed by atoms with Gasteiger partial charge in [-0.1, -0.05) is 0 Å². The zero-order valence-electron chi connectivity index (χ0n) is 12.0. The quantitative estimate of drug-likeness (QED) is 0.727. The number of aryl methyl sites for hydroxylation is 1. The Kier molecular flexibility index (Phi) is 5.82. The predicted octanol–water partition coefficient (Wildman–Crippen LogP) is 1.08. The molecule has 0 atom stereocenters. The van der Waals surface area contributed by atoms with E-state index in [1.54, 1.807) is 24.9 Å². The molecule has 0 spiro atoms. The maximum Gasteiger partial charge on any atom is 0.317 e. The van der Waals surface area contributed by atoms with Crippen LogP contribution in [0.1, 0.15) is 27.2 Å². The molecular formula is C13H24N4O2. The van der Waals surface area contributed by atoms with E-state index in [9.17, 15) is 9.90 Å². The summed E-state index contributed by atoms with van der Waals surface area (Å²) in [6.07, 6.45) is 4.46. The number of hydrogen-bond donors (Lipinski definition) is 2. The van der Waals surface area contributed by atoms with E-state index in [1.807, 2.05) is 23.9 Å². The third-order valence-electron chi connectivity index (χ3n) is 2.65. The van der Waals surface area contributed by atoms with Crippen LogP contribution in [0.5, 0.6) is 0 Å². The minimum Gasteiger partial charge on any atom is -0.389 e.